The van der Waals surface area contributed by atoms with E-state index in [2.05, 4.69) is 97.1 Å². The molecule has 9 aromatic carbocycles. The van der Waals surface area contributed by atoms with E-state index in [9.17, 15) is 5.26 Å². The predicted octanol–water partition coefficient (Wildman–Crippen LogP) is 14.6. The summed E-state index contributed by atoms with van der Waals surface area (Å²) in [4.78, 5) is 30.7. The molecule has 0 unspecified atom stereocenters. The van der Waals surface area contributed by atoms with Gasteiger partial charge in [0.15, 0.2) is 34.9 Å². The number of nitriles is 1. The number of rotatable bonds is 10. The largest absolute Gasteiger partial charge is 0.208 e. The van der Waals surface area contributed by atoms with Crippen LogP contribution in [0.25, 0.3) is 113 Å². The van der Waals surface area contributed by atoms with Gasteiger partial charge in [-0.25, -0.2) is 29.9 Å². The standard InChI is InChI=1S/C61H39N7/c62-40-41-18-15-27-46(36-41)47-28-16-29-48(37-47)49-30-17-31-50(38-49)59-64-56(43-21-7-2-8-22-43)65-60(66-59)51-34-35-53(55(39-51)42-19-5-1-6-20-42)52-32-13-14-33-54(52)61-67-57(44-23-9-3-10-24-44)63-58(68-61)45-25-11-4-12-26-45/h1-39H. The average Bonchev–Trinajstić information content (AvgIpc) is 3.43. The first kappa shape index (κ1) is 41.2. The molecule has 2 heterocycles. The summed E-state index contributed by atoms with van der Waals surface area (Å²) in [6.07, 6.45) is 0. The van der Waals surface area contributed by atoms with Gasteiger partial charge in [-0.1, -0.05) is 206 Å². The lowest BCUT2D eigenvalue weighted by atomic mass is 9.90. The molecule has 0 aliphatic rings. The Bertz CT molecular complexity index is 3570. The van der Waals surface area contributed by atoms with Crippen LogP contribution < -0.4 is 0 Å². The van der Waals surface area contributed by atoms with Crippen LogP contribution in [0.1, 0.15) is 5.56 Å². The van der Waals surface area contributed by atoms with E-state index in [1.54, 1.807) is 0 Å². The van der Waals surface area contributed by atoms with Gasteiger partial charge in [-0.05, 0) is 74.8 Å². The van der Waals surface area contributed by atoms with Crippen molar-refractivity contribution in [3.05, 3.63) is 242 Å². The molecule has 0 atom stereocenters. The number of hydrogen-bond acceptors (Lipinski definition) is 7. The van der Waals surface area contributed by atoms with E-state index < -0.39 is 0 Å². The fourth-order valence-corrected chi connectivity index (χ4v) is 8.45. The molecular weight excluding hydrogens is 831 g/mol. The summed E-state index contributed by atoms with van der Waals surface area (Å²) in [7, 11) is 0. The minimum absolute atomic E-state index is 0.549. The molecule has 0 aliphatic carbocycles. The van der Waals surface area contributed by atoms with Crippen LogP contribution in [0.15, 0.2) is 237 Å². The fraction of sp³-hybridized carbons (Fsp3) is 0. The second-order valence-electron chi connectivity index (χ2n) is 16.2. The third-order valence-electron chi connectivity index (χ3n) is 11.8. The summed E-state index contributed by atoms with van der Waals surface area (Å²) < 4.78 is 0. The first-order chi connectivity index (χ1) is 33.6. The van der Waals surface area contributed by atoms with Crippen molar-refractivity contribution in [2.75, 3.05) is 0 Å². The molecule has 0 saturated heterocycles. The third-order valence-corrected chi connectivity index (χ3v) is 11.8. The SMILES string of the molecule is N#Cc1cccc(-c2cccc(-c3cccc(-c4nc(-c5ccccc5)nc(-c5ccc(-c6ccccc6-c6nc(-c7ccccc7)nc(-c7ccccc7)n6)c(-c6ccccc6)c5)n4)c3)c2)c1. The van der Waals surface area contributed by atoms with Gasteiger partial charge >= 0.3 is 0 Å². The van der Waals surface area contributed by atoms with Gasteiger partial charge in [0.05, 0.1) is 11.6 Å². The number of benzene rings is 9. The summed E-state index contributed by atoms with van der Waals surface area (Å²) in [6, 6.07) is 81.8. The van der Waals surface area contributed by atoms with Crippen molar-refractivity contribution in [3.8, 4) is 119 Å². The van der Waals surface area contributed by atoms with Gasteiger partial charge in [0.2, 0.25) is 0 Å². The van der Waals surface area contributed by atoms with E-state index in [0.29, 0.717) is 40.5 Å². The molecule has 68 heavy (non-hydrogen) atoms. The van der Waals surface area contributed by atoms with Crippen LogP contribution >= 0.6 is 0 Å². The van der Waals surface area contributed by atoms with E-state index >= 15 is 0 Å². The van der Waals surface area contributed by atoms with E-state index in [1.165, 1.54) is 0 Å². The van der Waals surface area contributed by atoms with E-state index in [1.807, 2.05) is 146 Å². The van der Waals surface area contributed by atoms with Crippen molar-refractivity contribution in [1.29, 1.82) is 5.26 Å². The summed E-state index contributed by atoms with van der Waals surface area (Å²) >= 11 is 0. The van der Waals surface area contributed by atoms with Crippen LogP contribution in [-0.2, 0) is 0 Å². The van der Waals surface area contributed by atoms with Gasteiger partial charge in [0, 0.05) is 33.4 Å². The lowest BCUT2D eigenvalue weighted by molar-refractivity contribution is 1.07. The normalized spacial score (nSPS) is 10.9. The van der Waals surface area contributed by atoms with E-state index in [0.717, 1.165) is 77.9 Å². The Morgan fingerprint density at radius 3 is 1.06 bits per heavy atom. The molecule has 7 heteroatoms. The zero-order valence-electron chi connectivity index (χ0n) is 36.6. The van der Waals surface area contributed by atoms with Gasteiger partial charge in [-0.15, -0.1) is 0 Å². The Labute approximate surface area is 394 Å². The topological polar surface area (TPSA) is 101 Å². The second-order valence-corrected chi connectivity index (χ2v) is 16.2. The van der Waals surface area contributed by atoms with Crippen molar-refractivity contribution in [2.24, 2.45) is 0 Å². The van der Waals surface area contributed by atoms with Crippen LogP contribution in [0.3, 0.4) is 0 Å². The maximum Gasteiger partial charge on any atom is 0.164 e. The zero-order valence-corrected chi connectivity index (χ0v) is 36.6. The Morgan fingerprint density at radius 2 is 0.559 bits per heavy atom. The van der Waals surface area contributed by atoms with Gasteiger partial charge in [0.25, 0.3) is 0 Å². The van der Waals surface area contributed by atoms with E-state index in [-0.39, 0.29) is 0 Å². The summed E-state index contributed by atoms with van der Waals surface area (Å²) in [5, 5.41) is 9.54. The zero-order chi connectivity index (χ0) is 45.7. The Hall–Kier alpha value is -9.51. The monoisotopic (exact) mass is 869 g/mol. The molecule has 7 nitrogen and oxygen atoms in total. The summed E-state index contributed by atoms with van der Waals surface area (Å²) in [6.45, 7) is 0. The fourth-order valence-electron chi connectivity index (χ4n) is 8.45. The third kappa shape index (κ3) is 8.57. The molecule has 11 rings (SSSR count). The van der Waals surface area contributed by atoms with Crippen molar-refractivity contribution in [1.82, 2.24) is 29.9 Å². The predicted molar refractivity (Wildman–Crippen MR) is 272 cm³/mol. The first-order valence-electron chi connectivity index (χ1n) is 22.3. The molecule has 0 saturated carbocycles. The highest BCUT2D eigenvalue weighted by atomic mass is 15.0. The second kappa shape index (κ2) is 18.5. The van der Waals surface area contributed by atoms with Crippen LogP contribution in [0.2, 0.25) is 0 Å². The minimum atomic E-state index is 0.549. The van der Waals surface area contributed by atoms with Crippen LogP contribution in [0.4, 0.5) is 0 Å². The van der Waals surface area contributed by atoms with Crippen LogP contribution in [0.5, 0.6) is 0 Å². The number of hydrogen-bond donors (Lipinski definition) is 0. The Balaban J connectivity index is 1.04. The Morgan fingerprint density at radius 1 is 0.221 bits per heavy atom. The van der Waals surface area contributed by atoms with Gasteiger partial charge in [0.1, 0.15) is 0 Å². The maximum atomic E-state index is 9.54. The van der Waals surface area contributed by atoms with Gasteiger partial charge < -0.3 is 0 Å². The summed E-state index contributed by atoms with van der Waals surface area (Å²) in [5.74, 6) is 3.46. The summed E-state index contributed by atoms with van der Waals surface area (Å²) in [5.41, 5.74) is 14.0. The first-order valence-corrected chi connectivity index (χ1v) is 22.3. The molecule has 0 fully saturated rings. The lowest BCUT2D eigenvalue weighted by Crippen LogP contribution is -2.02. The van der Waals surface area contributed by atoms with Gasteiger partial charge in [-0.3, -0.25) is 0 Å². The molecule has 0 amide bonds. The van der Waals surface area contributed by atoms with Crippen LogP contribution in [0, 0.1) is 11.3 Å². The highest BCUT2D eigenvalue weighted by Crippen LogP contribution is 2.40. The van der Waals surface area contributed by atoms with Crippen molar-refractivity contribution in [2.45, 2.75) is 0 Å². The molecule has 11 aromatic rings. The minimum Gasteiger partial charge on any atom is -0.208 e. The number of nitrogens with zero attached hydrogens (tertiary/aromatic N) is 7. The molecule has 0 N–H and O–H groups in total. The van der Waals surface area contributed by atoms with Crippen molar-refractivity contribution < 1.29 is 0 Å². The lowest BCUT2D eigenvalue weighted by Gasteiger charge is -2.16. The number of aromatic nitrogens is 6. The molecule has 2 aromatic heterocycles. The molecule has 0 spiro atoms. The van der Waals surface area contributed by atoms with Crippen molar-refractivity contribution >= 4 is 0 Å². The molecule has 0 bridgehead atoms. The average molecular weight is 870 g/mol. The quantitative estimate of drug-likeness (QED) is 0.135. The highest BCUT2D eigenvalue weighted by molar-refractivity contribution is 5.92. The van der Waals surface area contributed by atoms with Crippen LogP contribution in [-0.4, -0.2) is 29.9 Å². The van der Waals surface area contributed by atoms with Crippen molar-refractivity contribution in [3.63, 3.8) is 0 Å². The molecular formula is C61H39N7. The smallest absolute Gasteiger partial charge is 0.164 e. The molecule has 0 radical (unpaired) electrons. The molecule has 318 valence electrons. The highest BCUT2D eigenvalue weighted by Gasteiger charge is 2.20. The molecule has 0 aliphatic heterocycles. The maximum absolute atomic E-state index is 9.54. The van der Waals surface area contributed by atoms with Gasteiger partial charge in [-0.2, -0.15) is 5.26 Å². The Kier molecular flexibility index (Phi) is 11.2. The van der Waals surface area contributed by atoms with E-state index in [4.69, 9.17) is 29.9 Å².